The van der Waals surface area contributed by atoms with Gasteiger partial charge in [-0.05, 0) is 54.7 Å². The average molecular weight is 358 g/mol. The Morgan fingerprint density at radius 3 is 2.63 bits per heavy atom. The molecule has 1 aliphatic heterocycles. The zero-order valence-electron chi connectivity index (χ0n) is 15.4. The van der Waals surface area contributed by atoms with Crippen LogP contribution in [0, 0.1) is 6.92 Å². The Balaban J connectivity index is 1.68. The van der Waals surface area contributed by atoms with Crippen molar-refractivity contribution in [2.24, 2.45) is 0 Å². The molecule has 0 saturated carbocycles. The minimum Gasteiger partial charge on any atom is -0.310 e. The number of aryl methyl sites for hydroxylation is 2. The fourth-order valence-electron chi connectivity index (χ4n) is 3.69. The quantitative estimate of drug-likeness (QED) is 0.715. The first-order chi connectivity index (χ1) is 13.1. The minimum atomic E-state index is -0.242. The molecule has 1 aromatic heterocycles. The number of aromatic nitrogens is 1. The van der Waals surface area contributed by atoms with Gasteiger partial charge in [0, 0.05) is 18.4 Å². The Hall–Kier alpha value is -3.14. The lowest BCUT2D eigenvalue weighted by atomic mass is 10.0. The summed E-state index contributed by atoms with van der Waals surface area (Å²) in [4.78, 5) is 27.9. The highest BCUT2D eigenvalue weighted by molar-refractivity contribution is 6.06. The SMILES string of the molecule is Cc1ccccc1Cn1cccc(C(=O)N2CCCc3ccccc32)c1=O. The summed E-state index contributed by atoms with van der Waals surface area (Å²) < 4.78 is 1.62. The van der Waals surface area contributed by atoms with Crippen LogP contribution in [0.25, 0.3) is 0 Å². The molecular weight excluding hydrogens is 336 g/mol. The van der Waals surface area contributed by atoms with Gasteiger partial charge in [0.15, 0.2) is 0 Å². The topological polar surface area (TPSA) is 42.3 Å². The molecule has 0 unspecified atom stereocenters. The third kappa shape index (κ3) is 3.31. The van der Waals surface area contributed by atoms with E-state index in [4.69, 9.17) is 0 Å². The van der Waals surface area contributed by atoms with Gasteiger partial charge in [-0.15, -0.1) is 0 Å². The van der Waals surface area contributed by atoms with Crippen molar-refractivity contribution in [3.63, 3.8) is 0 Å². The van der Waals surface area contributed by atoms with Crippen molar-refractivity contribution in [3.8, 4) is 0 Å². The van der Waals surface area contributed by atoms with Gasteiger partial charge in [-0.25, -0.2) is 0 Å². The number of fused-ring (bicyclic) bond motifs is 1. The van der Waals surface area contributed by atoms with Crippen molar-refractivity contribution in [3.05, 3.63) is 99.5 Å². The van der Waals surface area contributed by atoms with Crippen molar-refractivity contribution >= 4 is 11.6 Å². The van der Waals surface area contributed by atoms with E-state index in [0.29, 0.717) is 13.1 Å². The molecule has 0 saturated heterocycles. The second-order valence-electron chi connectivity index (χ2n) is 6.97. The molecule has 0 radical (unpaired) electrons. The smallest absolute Gasteiger partial charge is 0.263 e. The Kier molecular flexibility index (Phi) is 4.63. The molecule has 0 bridgehead atoms. The number of para-hydroxylation sites is 1. The number of hydrogen-bond donors (Lipinski definition) is 0. The van der Waals surface area contributed by atoms with Crippen molar-refractivity contribution in [1.82, 2.24) is 4.57 Å². The monoisotopic (exact) mass is 358 g/mol. The molecule has 4 nitrogen and oxygen atoms in total. The van der Waals surface area contributed by atoms with Crippen molar-refractivity contribution in [1.29, 1.82) is 0 Å². The van der Waals surface area contributed by atoms with Crippen LogP contribution in [0.2, 0.25) is 0 Å². The van der Waals surface area contributed by atoms with Crippen LogP contribution in [0.15, 0.2) is 71.7 Å². The van der Waals surface area contributed by atoms with Crippen molar-refractivity contribution in [2.45, 2.75) is 26.3 Å². The average Bonchev–Trinajstić information content (AvgIpc) is 2.70. The molecule has 4 rings (SSSR count). The van der Waals surface area contributed by atoms with Gasteiger partial charge in [0.1, 0.15) is 5.56 Å². The molecule has 1 aliphatic rings. The summed E-state index contributed by atoms with van der Waals surface area (Å²) in [5.41, 5.74) is 4.27. The number of pyridine rings is 1. The molecule has 0 atom stereocenters. The molecule has 3 aromatic rings. The van der Waals surface area contributed by atoms with Crippen LogP contribution in [-0.4, -0.2) is 17.0 Å². The van der Waals surface area contributed by atoms with E-state index in [-0.39, 0.29) is 17.0 Å². The normalized spacial score (nSPS) is 13.3. The van der Waals surface area contributed by atoms with E-state index in [0.717, 1.165) is 35.2 Å². The number of amides is 1. The summed E-state index contributed by atoms with van der Waals surface area (Å²) in [5.74, 6) is -0.216. The van der Waals surface area contributed by atoms with Crippen LogP contribution in [0.3, 0.4) is 0 Å². The first kappa shape index (κ1) is 17.3. The summed E-state index contributed by atoms with van der Waals surface area (Å²) in [6.07, 6.45) is 3.62. The zero-order chi connectivity index (χ0) is 18.8. The van der Waals surface area contributed by atoms with Gasteiger partial charge < -0.3 is 9.47 Å². The standard InChI is InChI=1S/C23H22N2O2/c1-17-8-2-3-10-19(17)16-24-14-7-12-20(22(24)26)23(27)25-15-6-11-18-9-4-5-13-21(18)25/h2-5,7-10,12-14H,6,11,15-16H2,1H3. The number of carbonyl (C=O) groups is 1. The molecular formula is C23H22N2O2. The zero-order valence-corrected chi connectivity index (χ0v) is 15.4. The summed E-state index contributed by atoms with van der Waals surface area (Å²) in [6, 6.07) is 19.3. The highest BCUT2D eigenvalue weighted by Crippen LogP contribution is 2.27. The van der Waals surface area contributed by atoms with E-state index in [1.165, 1.54) is 0 Å². The van der Waals surface area contributed by atoms with Gasteiger partial charge in [0.05, 0.1) is 6.54 Å². The molecule has 2 aromatic carbocycles. The van der Waals surface area contributed by atoms with Crippen LogP contribution in [0.5, 0.6) is 0 Å². The Morgan fingerprint density at radius 2 is 1.78 bits per heavy atom. The predicted molar refractivity (Wildman–Crippen MR) is 107 cm³/mol. The highest BCUT2D eigenvalue weighted by atomic mass is 16.2. The number of anilines is 1. The second kappa shape index (κ2) is 7.23. The summed E-state index contributed by atoms with van der Waals surface area (Å²) in [6.45, 7) is 3.13. The maximum Gasteiger partial charge on any atom is 0.263 e. The second-order valence-corrected chi connectivity index (χ2v) is 6.97. The van der Waals surface area contributed by atoms with E-state index < -0.39 is 0 Å². The number of benzene rings is 2. The van der Waals surface area contributed by atoms with Crippen molar-refractivity contribution < 1.29 is 4.79 Å². The van der Waals surface area contributed by atoms with Gasteiger partial charge in [0.2, 0.25) is 0 Å². The van der Waals surface area contributed by atoms with Gasteiger partial charge in [-0.3, -0.25) is 9.59 Å². The van der Waals surface area contributed by atoms with Gasteiger partial charge in [-0.1, -0.05) is 42.5 Å². The fraction of sp³-hybridized carbons (Fsp3) is 0.217. The Labute approximate surface area is 158 Å². The number of hydrogen-bond acceptors (Lipinski definition) is 2. The molecule has 136 valence electrons. The van der Waals surface area contributed by atoms with Gasteiger partial charge in [0.25, 0.3) is 11.5 Å². The molecule has 2 heterocycles. The third-order valence-corrected chi connectivity index (χ3v) is 5.21. The van der Waals surface area contributed by atoms with Gasteiger partial charge >= 0.3 is 0 Å². The molecule has 0 fully saturated rings. The van der Waals surface area contributed by atoms with E-state index in [1.54, 1.807) is 27.8 Å². The lowest BCUT2D eigenvalue weighted by Gasteiger charge is -2.29. The molecule has 0 aliphatic carbocycles. The Bertz CT molecular complexity index is 1050. The first-order valence-electron chi connectivity index (χ1n) is 9.29. The Morgan fingerprint density at radius 1 is 1.00 bits per heavy atom. The summed E-state index contributed by atoms with van der Waals surface area (Å²) in [7, 11) is 0. The fourth-order valence-corrected chi connectivity index (χ4v) is 3.69. The van der Waals surface area contributed by atoms with Crippen molar-refractivity contribution in [2.75, 3.05) is 11.4 Å². The number of rotatable bonds is 3. The van der Waals surface area contributed by atoms with E-state index in [1.807, 2.05) is 49.4 Å². The van der Waals surface area contributed by atoms with E-state index in [9.17, 15) is 9.59 Å². The van der Waals surface area contributed by atoms with Gasteiger partial charge in [-0.2, -0.15) is 0 Å². The summed E-state index contributed by atoms with van der Waals surface area (Å²) in [5, 5.41) is 0. The minimum absolute atomic E-state index is 0.216. The van der Waals surface area contributed by atoms with E-state index >= 15 is 0 Å². The lowest BCUT2D eigenvalue weighted by Crippen LogP contribution is -2.39. The maximum atomic E-state index is 13.2. The lowest BCUT2D eigenvalue weighted by molar-refractivity contribution is 0.0983. The third-order valence-electron chi connectivity index (χ3n) is 5.21. The van der Waals surface area contributed by atoms with Crippen LogP contribution in [0.1, 0.15) is 33.5 Å². The molecule has 27 heavy (non-hydrogen) atoms. The highest BCUT2D eigenvalue weighted by Gasteiger charge is 2.25. The predicted octanol–water partition coefficient (Wildman–Crippen LogP) is 3.80. The number of nitrogens with zero attached hydrogens (tertiary/aromatic N) is 2. The van der Waals surface area contributed by atoms with Crippen LogP contribution in [0.4, 0.5) is 5.69 Å². The number of carbonyl (C=O) groups excluding carboxylic acids is 1. The summed E-state index contributed by atoms with van der Waals surface area (Å²) >= 11 is 0. The molecule has 0 N–H and O–H groups in total. The van der Waals surface area contributed by atoms with Crippen LogP contribution >= 0.6 is 0 Å². The molecule has 1 amide bonds. The van der Waals surface area contributed by atoms with Crippen LogP contribution in [-0.2, 0) is 13.0 Å². The largest absolute Gasteiger partial charge is 0.310 e. The first-order valence-corrected chi connectivity index (χ1v) is 9.29. The molecule has 0 spiro atoms. The maximum absolute atomic E-state index is 13.2. The van der Waals surface area contributed by atoms with E-state index in [2.05, 4.69) is 6.07 Å². The molecule has 4 heteroatoms. The van der Waals surface area contributed by atoms with Crippen LogP contribution < -0.4 is 10.5 Å².